The molecule has 0 saturated carbocycles. The third-order valence-corrected chi connectivity index (χ3v) is 6.97. The van der Waals surface area contributed by atoms with Gasteiger partial charge in [0.25, 0.3) is 5.91 Å². The number of carbonyl (C=O) groups is 2. The third kappa shape index (κ3) is 6.23. The molecule has 2 aromatic carbocycles. The number of amides is 2. The molecule has 7 nitrogen and oxygen atoms in total. The van der Waals surface area contributed by atoms with Gasteiger partial charge in [-0.3, -0.25) is 15.4 Å². The van der Waals surface area contributed by atoms with E-state index < -0.39 is 35.8 Å². The van der Waals surface area contributed by atoms with Crippen LogP contribution in [-0.2, 0) is 16.0 Å². The number of benzene rings is 2. The van der Waals surface area contributed by atoms with E-state index in [0.29, 0.717) is 41.9 Å². The first kappa shape index (κ1) is 28.1. The van der Waals surface area contributed by atoms with Crippen LogP contribution in [0.2, 0.25) is 0 Å². The molecule has 0 bridgehead atoms. The van der Waals surface area contributed by atoms with Gasteiger partial charge in [-0.2, -0.15) is 0 Å². The van der Waals surface area contributed by atoms with Gasteiger partial charge in [0.15, 0.2) is 0 Å². The van der Waals surface area contributed by atoms with Gasteiger partial charge in [0.05, 0.1) is 24.3 Å². The van der Waals surface area contributed by atoms with E-state index in [1.54, 1.807) is 29.2 Å². The van der Waals surface area contributed by atoms with Crippen molar-refractivity contribution in [3.63, 3.8) is 0 Å². The van der Waals surface area contributed by atoms with Crippen LogP contribution in [0.15, 0.2) is 36.4 Å². The summed E-state index contributed by atoms with van der Waals surface area (Å²) in [5.41, 5.74) is 2.69. The number of halogens is 2. The second-order valence-electron chi connectivity index (χ2n) is 9.70. The average Bonchev–Trinajstić information content (AvgIpc) is 3.29. The fourth-order valence-electron chi connectivity index (χ4n) is 5.05. The highest BCUT2D eigenvalue weighted by Crippen LogP contribution is 2.41. The van der Waals surface area contributed by atoms with Crippen LogP contribution < -0.4 is 10.6 Å². The van der Waals surface area contributed by atoms with Gasteiger partial charge in [-0.15, -0.1) is 6.42 Å². The van der Waals surface area contributed by atoms with Crippen molar-refractivity contribution in [1.29, 1.82) is 0 Å². The maximum Gasteiger partial charge on any atom is 0.411 e. The molecule has 39 heavy (non-hydrogen) atoms. The smallest absolute Gasteiger partial charge is 0.411 e. The Labute approximate surface area is 227 Å². The van der Waals surface area contributed by atoms with Crippen molar-refractivity contribution in [1.82, 2.24) is 15.2 Å². The Morgan fingerprint density at radius 2 is 1.87 bits per heavy atom. The van der Waals surface area contributed by atoms with Crippen LogP contribution in [0.5, 0.6) is 0 Å². The second kappa shape index (κ2) is 12.8. The topological polar surface area (TPSA) is 86.5 Å². The fourth-order valence-corrected chi connectivity index (χ4v) is 5.05. The number of nitrogens with one attached hydrogen (secondary N) is 3. The molecule has 1 aliphatic heterocycles. The molecule has 3 aromatic rings. The van der Waals surface area contributed by atoms with E-state index in [0.717, 1.165) is 43.7 Å². The summed E-state index contributed by atoms with van der Waals surface area (Å²) in [6.07, 6.45) is 9.54. The lowest BCUT2D eigenvalue weighted by atomic mass is 9.90. The molecule has 2 heterocycles. The number of terminal acetylenes is 1. The molecule has 0 aliphatic carbocycles. The predicted octanol–water partition coefficient (Wildman–Crippen LogP) is 6.01. The van der Waals surface area contributed by atoms with Gasteiger partial charge in [-0.1, -0.05) is 45.2 Å². The van der Waals surface area contributed by atoms with E-state index in [-0.39, 0.29) is 5.52 Å². The van der Waals surface area contributed by atoms with E-state index >= 15 is 0 Å². The van der Waals surface area contributed by atoms with E-state index in [2.05, 4.69) is 35.4 Å². The summed E-state index contributed by atoms with van der Waals surface area (Å²) < 4.78 is 34.2. The number of hydrogen-bond donors (Lipinski definition) is 3. The Bertz CT molecular complexity index is 1360. The van der Waals surface area contributed by atoms with Crippen LogP contribution in [0.1, 0.15) is 68.8 Å². The third-order valence-electron chi connectivity index (χ3n) is 6.97. The molecule has 206 valence electrons. The zero-order valence-electron chi connectivity index (χ0n) is 22.3. The molecule has 9 heteroatoms. The van der Waals surface area contributed by atoms with Crippen molar-refractivity contribution in [2.75, 3.05) is 18.5 Å². The highest BCUT2D eigenvalue weighted by atomic mass is 19.1. The van der Waals surface area contributed by atoms with Crippen molar-refractivity contribution >= 4 is 28.6 Å². The summed E-state index contributed by atoms with van der Waals surface area (Å²) in [6.45, 7) is 5.13. The Morgan fingerprint density at radius 1 is 1.13 bits per heavy atom. The summed E-state index contributed by atoms with van der Waals surface area (Å²) in [6, 6.07) is 8.41. The zero-order chi connectivity index (χ0) is 27.9. The maximum absolute atomic E-state index is 14.8. The van der Waals surface area contributed by atoms with Crippen molar-refractivity contribution in [3.05, 3.63) is 64.9 Å². The normalized spacial score (nSPS) is 16.5. The molecule has 2 atom stereocenters. The molecule has 1 aliphatic rings. The Balaban J connectivity index is 1.71. The number of aromatic amines is 1. The average molecular weight is 537 g/mol. The Hall–Kier alpha value is -3.90. The second-order valence-corrected chi connectivity index (χ2v) is 9.70. The molecule has 0 saturated heterocycles. The van der Waals surface area contributed by atoms with Gasteiger partial charge in [0.1, 0.15) is 11.6 Å². The monoisotopic (exact) mass is 536 g/mol. The van der Waals surface area contributed by atoms with Crippen LogP contribution in [0, 0.1) is 24.0 Å². The summed E-state index contributed by atoms with van der Waals surface area (Å²) in [5, 5.41) is 6.56. The van der Waals surface area contributed by atoms with Crippen LogP contribution in [0.25, 0.3) is 10.9 Å². The minimum atomic E-state index is -0.708. The standard InChI is InChI=1S/C30H34F2N4O3/c1-4-7-9-15-39-30(38)34-21-12-10-19(11-13-21)29-28-23(22-16-20(31)17-24(32)27(22)35-28)18-25(33-14-8-5-2)36(29)26(37)6-3/h3,10-13,16-17,25,29,33,35H,4-5,7-9,14-15,18H2,1-2H3,(H,34,38)/t25-,29+/m1/s1. The van der Waals surface area contributed by atoms with Gasteiger partial charge in [0.2, 0.25) is 0 Å². The van der Waals surface area contributed by atoms with Crippen molar-refractivity contribution in [3.8, 4) is 12.3 Å². The molecule has 0 unspecified atom stereocenters. The van der Waals surface area contributed by atoms with Crippen molar-refractivity contribution in [2.45, 2.75) is 64.6 Å². The van der Waals surface area contributed by atoms with Crippen LogP contribution >= 0.6 is 0 Å². The lowest BCUT2D eigenvalue weighted by molar-refractivity contribution is -0.130. The van der Waals surface area contributed by atoms with Crippen LogP contribution in [0.3, 0.4) is 0 Å². The van der Waals surface area contributed by atoms with Crippen molar-refractivity contribution in [2.24, 2.45) is 0 Å². The molecule has 2 amide bonds. The predicted molar refractivity (Wildman–Crippen MR) is 147 cm³/mol. The molecule has 4 rings (SSSR count). The summed E-state index contributed by atoms with van der Waals surface area (Å²) in [4.78, 5) is 30.0. The van der Waals surface area contributed by atoms with Crippen LogP contribution in [0.4, 0.5) is 19.3 Å². The molecule has 0 spiro atoms. The molecule has 1 aromatic heterocycles. The number of hydrogen-bond acceptors (Lipinski definition) is 4. The zero-order valence-corrected chi connectivity index (χ0v) is 22.3. The maximum atomic E-state index is 14.8. The number of aromatic nitrogens is 1. The minimum Gasteiger partial charge on any atom is -0.449 e. The number of anilines is 1. The van der Waals surface area contributed by atoms with Crippen LogP contribution in [-0.4, -0.2) is 41.2 Å². The minimum absolute atomic E-state index is 0.179. The van der Waals surface area contributed by atoms with E-state index in [9.17, 15) is 18.4 Å². The molecular formula is C30H34F2N4O3. The molecule has 3 N–H and O–H groups in total. The summed E-state index contributed by atoms with van der Waals surface area (Å²) in [7, 11) is 0. The summed E-state index contributed by atoms with van der Waals surface area (Å²) in [5.74, 6) is 0.325. The lowest BCUT2D eigenvalue weighted by Gasteiger charge is -2.41. The quantitative estimate of drug-likeness (QED) is 0.219. The van der Waals surface area contributed by atoms with Gasteiger partial charge in [-0.05, 0) is 54.6 Å². The van der Waals surface area contributed by atoms with Gasteiger partial charge in [-0.25, -0.2) is 13.6 Å². The SMILES string of the molecule is C#CC(=O)N1[C@@H](c2ccc(NC(=O)OCCCCC)cc2)c2[nH]c3c(F)cc(F)cc3c2C[C@@H]1NCCCC. The van der Waals surface area contributed by atoms with Gasteiger partial charge >= 0.3 is 6.09 Å². The first-order valence-corrected chi connectivity index (χ1v) is 13.4. The highest BCUT2D eigenvalue weighted by Gasteiger charge is 2.40. The van der Waals surface area contributed by atoms with Gasteiger partial charge in [0, 0.05) is 29.3 Å². The van der Waals surface area contributed by atoms with Crippen molar-refractivity contribution < 1.29 is 23.1 Å². The van der Waals surface area contributed by atoms with E-state index in [1.165, 1.54) is 6.07 Å². The number of ether oxygens (including phenoxy) is 1. The van der Waals surface area contributed by atoms with E-state index in [1.807, 2.05) is 0 Å². The first-order chi connectivity index (χ1) is 18.9. The van der Waals surface area contributed by atoms with Gasteiger partial charge < -0.3 is 14.6 Å². The first-order valence-electron chi connectivity index (χ1n) is 13.4. The number of H-pyrrole nitrogens is 1. The molecule has 0 radical (unpaired) electrons. The molecule has 0 fully saturated rings. The number of rotatable bonds is 10. The Morgan fingerprint density at radius 3 is 2.56 bits per heavy atom. The fraction of sp³-hybridized carbons (Fsp3) is 0.400. The number of fused-ring (bicyclic) bond motifs is 3. The summed E-state index contributed by atoms with van der Waals surface area (Å²) >= 11 is 0. The Kier molecular flexibility index (Phi) is 9.20. The largest absolute Gasteiger partial charge is 0.449 e. The molecular weight excluding hydrogens is 502 g/mol. The number of nitrogens with zero attached hydrogens (tertiary/aromatic N) is 1. The highest BCUT2D eigenvalue weighted by molar-refractivity contribution is 5.95. The number of carbonyl (C=O) groups excluding carboxylic acids is 2. The van der Waals surface area contributed by atoms with E-state index in [4.69, 9.17) is 11.2 Å². The number of unbranched alkanes of at least 4 members (excludes halogenated alkanes) is 3. The lowest BCUT2D eigenvalue weighted by Crippen LogP contribution is -2.54.